The Bertz CT molecular complexity index is 760. The third kappa shape index (κ3) is 3.00. The lowest BCUT2D eigenvalue weighted by atomic mass is 10.1. The van der Waals surface area contributed by atoms with Gasteiger partial charge < -0.3 is 10.4 Å². The van der Waals surface area contributed by atoms with Gasteiger partial charge in [-0.15, -0.1) is 11.3 Å². The van der Waals surface area contributed by atoms with Crippen molar-refractivity contribution in [2.45, 2.75) is 13.0 Å². The largest absolute Gasteiger partial charge is 0.394 e. The molecule has 108 valence electrons. The molecule has 0 fully saturated rings. The maximum absolute atomic E-state index is 9.65. The molecule has 0 bridgehead atoms. The van der Waals surface area contributed by atoms with Crippen LogP contribution in [0.3, 0.4) is 0 Å². The molecule has 3 aromatic rings. The summed E-state index contributed by atoms with van der Waals surface area (Å²) in [7, 11) is 0. The van der Waals surface area contributed by atoms with E-state index in [0.717, 1.165) is 20.7 Å². The maximum Gasteiger partial charge on any atom is 0.225 e. The van der Waals surface area contributed by atoms with Gasteiger partial charge in [0.25, 0.3) is 0 Å². The Morgan fingerprint density at radius 1 is 1.29 bits per heavy atom. The van der Waals surface area contributed by atoms with Crippen LogP contribution in [0.1, 0.15) is 16.5 Å². The molecule has 6 heteroatoms. The van der Waals surface area contributed by atoms with Crippen molar-refractivity contribution in [1.82, 2.24) is 9.97 Å². The second-order valence-corrected chi connectivity index (χ2v) is 6.28. The van der Waals surface area contributed by atoms with Gasteiger partial charge in [-0.05, 0) is 30.2 Å². The first-order valence-electron chi connectivity index (χ1n) is 6.53. The van der Waals surface area contributed by atoms with Crippen molar-refractivity contribution in [2.24, 2.45) is 0 Å². The Hall–Kier alpha value is -1.69. The molecule has 0 saturated carbocycles. The van der Waals surface area contributed by atoms with Gasteiger partial charge in [0.15, 0.2) is 0 Å². The van der Waals surface area contributed by atoms with E-state index in [4.69, 9.17) is 11.6 Å². The van der Waals surface area contributed by atoms with Gasteiger partial charge in [-0.3, -0.25) is 0 Å². The number of aliphatic hydroxyl groups excluding tert-OH is 1. The van der Waals surface area contributed by atoms with Crippen molar-refractivity contribution in [3.05, 3.63) is 52.1 Å². The second kappa shape index (κ2) is 5.97. The first-order valence-corrected chi connectivity index (χ1v) is 7.73. The number of fused-ring (bicyclic) bond motifs is 1. The molecule has 2 aromatic heterocycles. The van der Waals surface area contributed by atoms with E-state index in [1.807, 2.05) is 43.3 Å². The van der Waals surface area contributed by atoms with Crippen molar-refractivity contribution in [1.29, 1.82) is 0 Å². The van der Waals surface area contributed by atoms with E-state index >= 15 is 0 Å². The molecule has 0 amide bonds. The van der Waals surface area contributed by atoms with E-state index in [-0.39, 0.29) is 17.9 Å². The number of rotatable bonds is 4. The number of aromatic nitrogens is 2. The zero-order valence-electron chi connectivity index (χ0n) is 11.4. The topological polar surface area (TPSA) is 58.0 Å². The number of anilines is 1. The molecule has 4 nitrogen and oxygen atoms in total. The van der Waals surface area contributed by atoms with Gasteiger partial charge in [-0.25, -0.2) is 9.97 Å². The van der Waals surface area contributed by atoms with E-state index < -0.39 is 0 Å². The van der Waals surface area contributed by atoms with Gasteiger partial charge >= 0.3 is 0 Å². The molecule has 0 aliphatic carbocycles. The van der Waals surface area contributed by atoms with Crippen LogP contribution in [0.2, 0.25) is 5.28 Å². The molecule has 1 aromatic carbocycles. The Kier molecular flexibility index (Phi) is 4.05. The lowest BCUT2D eigenvalue weighted by Gasteiger charge is -2.17. The lowest BCUT2D eigenvalue weighted by molar-refractivity contribution is 0.276. The zero-order chi connectivity index (χ0) is 14.8. The van der Waals surface area contributed by atoms with Gasteiger partial charge in [0, 0.05) is 4.88 Å². The highest BCUT2D eigenvalue weighted by atomic mass is 35.5. The Morgan fingerprint density at radius 2 is 2.05 bits per heavy atom. The molecule has 2 N–H and O–H groups in total. The molecule has 0 saturated heterocycles. The minimum absolute atomic E-state index is 0.0315. The predicted octanol–water partition coefficient (Wildman–Crippen LogP) is 3.80. The molecule has 0 aliphatic rings. The van der Waals surface area contributed by atoms with Crippen LogP contribution in [0.25, 0.3) is 10.2 Å². The minimum Gasteiger partial charge on any atom is -0.394 e. The normalized spacial score (nSPS) is 12.5. The summed E-state index contributed by atoms with van der Waals surface area (Å²) in [5.41, 5.74) is 0.995. The van der Waals surface area contributed by atoms with E-state index in [0.29, 0.717) is 5.82 Å². The fourth-order valence-corrected chi connectivity index (χ4v) is 3.31. The van der Waals surface area contributed by atoms with Crippen LogP contribution in [-0.2, 0) is 0 Å². The Balaban J connectivity index is 2.00. The monoisotopic (exact) mass is 319 g/mol. The van der Waals surface area contributed by atoms with E-state index in [1.54, 1.807) is 11.3 Å². The summed E-state index contributed by atoms with van der Waals surface area (Å²) in [5, 5.41) is 14.0. The van der Waals surface area contributed by atoms with E-state index in [1.165, 1.54) is 0 Å². The highest BCUT2D eigenvalue weighted by molar-refractivity contribution is 7.18. The summed E-state index contributed by atoms with van der Waals surface area (Å²) in [4.78, 5) is 10.5. The van der Waals surface area contributed by atoms with Gasteiger partial charge in [0.1, 0.15) is 10.6 Å². The van der Waals surface area contributed by atoms with E-state index in [9.17, 15) is 5.11 Å². The second-order valence-electron chi connectivity index (χ2n) is 4.71. The van der Waals surface area contributed by atoms with Crippen LogP contribution in [0.4, 0.5) is 5.82 Å². The van der Waals surface area contributed by atoms with Gasteiger partial charge in [0.2, 0.25) is 5.28 Å². The van der Waals surface area contributed by atoms with Crippen molar-refractivity contribution in [3.8, 4) is 0 Å². The Morgan fingerprint density at radius 3 is 2.76 bits per heavy atom. The molecule has 1 atom stereocenters. The zero-order valence-corrected chi connectivity index (χ0v) is 12.9. The van der Waals surface area contributed by atoms with Crippen molar-refractivity contribution in [3.63, 3.8) is 0 Å². The number of hydrogen-bond donors (Lipinski definition) is 2. The van der Waals surface area contributed by atoms with E-state index in [2.05, 4.69) is 15.3 Å². The molecule has 21 heavy (non-hydrogen) atoms. The number of nitrogens with one attached hydrogen (secondary N) is 1. The number of thiophene rings is 1. The van der Waals surface area contributed by atoms with Crippen molar-refractivity contribution >= 4 is 39.0 Å². The quantitative estimate of drug-likeness (QED) is 0.718. The predicted molar refractivity (Wildman–Crippen MR) is 87.1 cm³/mol. The molecule has 2 heterocycles. The van der Waals surface area contributed by atoms with Crippen LogP contribution in [-0.4, -0.2) is 21.7 Å². The van der Waals surface area contributed by atoms with Crippen LogP contribution >= 0.6 is 22.9 Å². The molecular formula is C15H14ClN3OS. The highest BCUT2D eigenvalue weighted by Gasteiger charge is 2.15. The lowest BCUT2D eigenvalue weighted by Crippen LogP contribution is -2.15. The van der Waals surface area contributed by atoms with Crippen molar-refractivity contribution in [2.75, 3.05) is 11.9 Å². The number of hydrogen-bond acceptors (Lipinski definition) is 5. The SMILES string of the molecule is Cc1cc2c(NC(CO)c3ccccc3)nc(Cl)nc2s1. The Labute approximate surface area is 131 Å². The average Bonchev–Trinajstić information content (AvgIpc) is 2.85. The standard InChI is InChI=1S/C15H14ClN3OS/c1-9-7-11-13(18-15(16)19-14(11)21-9)17-12(8-20)10-5-3-2-4-6-10/h2-7,12,20H,8H2,1H3,(H,17,18,19). The number of benzene rings is 1. The third-order valence-corrected chi connectivity index (χ3v) is 4.30. The number of aryl methyl sites for hydroxylation is 1. The fourth-order valence-electron chi connectivity index (χ4n) is 2.21. The first-order chi connectivity index (χ1) is 10.2. The number of nitrogens with zero attached hydrogens (tertiary/aromatic N) is 2. The first kappa shape index (κ1) is 14.3. The van der Waals surface area contributed by atoms with Crippen LogP contribution in [0.5, 0.6) is 0 Å². The fraction of sp³-hybridized carbons (Fsp3) is 0.200. The molecule has 0 radical (unpaired) electrons. The van der Waals surface area contributed by atoms with Gasteiger partial charge in [-0.2, -0.15) is 0 Å². The van der Waals surface area contributed by atoms with Crippen LogP contribution in [0, 0.1) is 6.92 Å². The number of halogens is 1. The summed E-state index contributed by atoms with van der Waals surface area (Å²) < 4.78 is 0. The minimum atomic E-state index is -0.236. The molecule has 0 spiro atoms. The summed E-state index contributed by atoms with van der Waals surface area (Å²) >= 11 is 7.56. The molecular weight excluding hydrogens is 306 g/mol. The van der Waals surface area contributed by atoms with Gasteiger partial charge in [-0.1, -0.05) is 30.3 Å². The summed E-state index contributed by atoms with van der Waals surface area (Å²) in [6.45, 7) is 1.99. The number of aliphatic hydroxyl groups is 1. The molecule has 0 aliphatic heterocycles. The summed E-state index contributed by atoms with van der Waals surface area (Å²) in [5.74, 6) is 0.650. The summed E-state index contributed by atoms with van der Waals surface area (Å²) in [6.07, 6.45) is 0. The third-order valence-electron chi connectivity index (χ3n) is 3.18. The van der Waals surface area contributed by atoms with Crippen LogP contribution < -0.4 is 5.32 Å². The molecule has 3 rings (SSSR count). The average molecular weight is 320 g/mol. The van der Waals surface area contributed by atoms with Crippen molar-refractivity contribution < 1.29 is 5.11 Å². The maximum atomic E-state index is 9.65. The molecule has 1 unspecified atom stereocenters. The van der Waals surface area contributed by atoms with Gasteiger partial charge in [0.05, 0.1) is 18.0 Å². The van der Waals surface area contributed by atoms with Crippen LogP contribution in [0.15, 0.2) is 36.4 Å². The smallest absolute Gasteiger partial charge is 0.225 e. The highest BCUT2D eigenvalue weighted by Crippen LogP contribution is 2.31. The summed E-state index contributed by atoms with van der Waals surface area (Å²) in [6, 6.07) is 11.5.